The highest BCUT2D eigenvalue weighted by molar-refractivity contribution is 7.89. The van der Waals surface area contributed by atoms with Crippen molar-refractivity contribution >= 4 is 15.9 Å². The predicted molar refractivity (Wildman–Crippen MR) is 98.7 cm³/mol. The van der Waals surface area contributed by atoms with Crippen molar-refractivity contribution < 1.29 is 35.5 Å². The van der Waals surface area contributed by atoms with Gasteiger partial charge >= 0.3 is 6.18 Å². The Balaban J connectivity index is 2.15. The van der Waals surface area contributed by atoms with Gasteiger partial charge in [0.05, 0.1) is 0 Å². The third-order valence-electron chi connectivity index (χ3n) is 3.56. The van der Waals surface area contributed by atoms with Gasteiger partial charge in [-0.25, -0.2) is 22.5 Å². The topological polar surface area (TPSA) is 97.4 Å². The number of hydrogen-bond acceptors (Lipinski definition) is 5. The summed E-state index contributed by atoms with van der Waals surface area (Å²) < 4.78 is 81.9. The van der Waals surface area contributed by atoms with Crippen LogP contribution in [0.5, 0.6) is 5.88 Å². The smallest absolute Gasteiger partial charge is 0.422 e. The Morgan fingerprint density at radius 2 is 2.00 bits per heavy atom. The Kier molecular flexibility index (Phi) is 7.51. The number of alkyl halides is 3. The number of pyridine rings is 1. The molecule has 1 aromatic carbocycles. The molecule has 0 bridgehead atoms. The number of rotatable bonds is 9. The summed E-state index contributed by atoms with van der Waals surface area (Å²) in [4.78, 5) is 15.3. The van der Waals surface area contributed by atoms with Crippen LogP contribution < -0.4 is 14.8 Å². The largest absolute Gasteiger partial charge is 0.468 e. The lowest BCUT2D eigenvalue weighted by molar-refractivity contribution is -0.154. The lowest BCUT2D eigenvalue weighted by atomic mass is 10.2. The molecule has 1 heterocycles. The van der Waals surface area contributed by atoms with Gasteiger partial charge in [0, 0.05) is 30.4 Å². The van der Waals surface area contributed by atoms with Gasteiger partial charge in [-0.1, -0.05) is 12.1 Å². The number of halogens is 4. The summed E-state index contributed by atoms with van der Waals surface area (Å²) in [5.74, 6) is -2.15. The Morgan fingerprint density at radius 3 is 2.67 bits per heavy atom. The van der Waals surface area contributed by atoms with Crippen LogP contribution in [0.3, 0.4) is 0 Å². The van der Waals surface area contributed by atoms with E-state index in [2.05, 4.69) is 26.3 Å². The van der Waals surface area contributed by atoms with Gasteiger partial charge in [-0.2, -0.15) is 13.2 Å². The van der Waals surface area contributed by atoms with Crippen LogP contribution >= 0.6 is 0 Å². The molecule has 1 aromatic heterocycles. The molecule has 2 aromatic rings. The van der Waals surface area contributed by atoms with Crippen LogP contribution in [0, 0.1) is 5.82 Å². The Morgan fingerprint density at radius 1 is 1.27 bits per heavy atom. The molecule has 162 valence electrons. The number of nitrogens with zero attached hydrogens (tertiary/aromatic N) is 1. The average Bonchev–Trinajstić information content (AvgIpc) is 2.69. The van der Waals surface area contributed by atoms with Crippen LogP contribution in [0.25, 0.3) is 0 Å². The second-order valence-corrected chi connectivity index (χ2v) is 7.58. The normalized spacial score (nSPS) is 11.7. The molecule has 12 heteroatoms. The van der Waals surface area contributed by atoms with Crippen LogP contribution in [0.2, 0.25) is 0 Å². The highest BCUT2D eigenvalue weighted by Crippen LogP contribution is 2.20. The number of aromatic nitrogens is 1. The molecule has 0 atom stereocenters. The van der Waals surface area contributed by atoms with E-state index in [1.165, 1.54) is 24.4 Å². The molecule has 0 spiro atoms. The zero-order valence-electron chi connectivity index (χ0n) is 15.4. The molecular formula is C18H17F4N3O4S. The van der Waals surface area contributed by atoms with E-state index in [1.54, 1.807) is 0 Å². The maximum Gasteiger partial charge on any atom is 0.422 e. The molecular weight excluding hydrogens is 430 g/mol. The summed E-state index contributed by atoms with van der Waals surface area (Å²) in [5.41, 5.74) is -0.00488. The minimum Gasteiger partial charge on any atom is -0.468 e. The summed E-state index contributed by atoms with van der Waals surface area (Å²) in [6.07, 6.45) is -2.07. The third kappa shape index (κ3) is 6.52. The van der Waals surface area contributed by atoms with Crippen molar-refractivity contribution in [2.24, 2.45) is 0 Å². The zero-order chi connectivity index (χ0) is 22.4. The van der Waals surface area contributed by atoms with Gasteiger partial charge in [-0.3, -0.25) is 4.79 Å². The Labute approximate surface area is 169 Å². The fourth-order valence-electron chi connectivity index (χ4n) is 2.21. The molecule has 0 saturated carbocycles. The van der Waals surface area contributed by atoms with Crippen molar-refractivity contribution in [2.45, 2.75) is 17.6 Å². The number of ether oxygens (including phenoxy) is 1. The second-order valence-electron chi connectivity index (χ2n) is 5.84. The number of hydrogen-bond donors (Lipinski definition) is 2. The van der Waals surface area contributed by atoms with Crippen molar-refractivity contribution in [3.63, 3.8) is 0 Å². The van der Waals surface area contributed by atoms with Crippen molar-refractivity contribution in [1.82, 2.24) is 15.0 Å². The fraction of sp³-hybridized carbons (Fsp3) is 0.222. The second kappa shape index (κ2) is 9.67. The SMILES string of the molecule is C=CCNS(=O)(=O)c1cc(C(=O)NCc2cccnc2OCC(F)(F)F)ccc1F. The summed E-state index contributed by atoms with van der Waals surface area (Å²) in [5, 5.41) is 2.40. The van der Waals surface area contributed by atoms with Gasteiger partial charge in [0.15, 0.2) is 6.61 Å². The number of carbonyl (C=O) groups is 1. The van der Waals surface area contributed by atoms with Crippen LogP contribution in [-0.2, 0) is 16.6 Å². The minimum absolute atomic E-state index is 0.139. The summed E-state index contributed by atoms with van der Waals surface area (Å²) in [7, 11) is -4.22. The quantitative estimate of drug-likeness (QED) is 0.455. The van der Waals surface area contributed by atoms with Gasteiger partial charge in [-0.05, 0) is 24.3 Å². The Bertz CT molecular complexity index is 1030. The van der Waals surface area contributed by atoms with E-state index in [0.29, 0.717) is 0 Å². The number of nitrogens with one attached hydrogen (secondary N) is 2. The average molecular weight is 447 g/mol. The lowest BCUT2D eigenvalue weighted by Gasteiger charge is -2.13. The first-order chi connectivity index (χ1) is 14.0. The van der Waals surface area contributed by atoms with Gasteiger partial charge in [0.2, 0.25) is 15.9 Å². The van der Waals surface area contributed by atoms with Gasteiger partial charge in [-0.15, -0.1) is 6.58 Å². The van der Waals surface area contributed by atoms with E-state index >= 15 is 0 Å². The highest BCUT2D eigenvalue weighted by atomic mass is 32.2. The molecule has 30 heavy (non-hydrogen) atoms. The summed E-state index contributed by atoms with van der Waals surface area (Å²) >= 11 is 0. The third-order valence-corrected chi connectivity index (χ3v) is 5.00. The molecule has 1 amide bonds. The minimum atomic E-state index is -4.56. The van der Waals surface area contributed by atoms with E-state index in [9.17, 15) is 30.8 Å². The van der Waals surface area contributed by atoms with E-state index in [4.69, 9.17) is 0 Å². The number of carbonyl (C=O) groups excluding carboxylic acids is 1. The van der Waals surface area contributed by atoms with Crippen molar-refractivity contribution in [1.29, 1.82) is 0 Å². The van der Waals surface area contributed by atoms with Crippen molar-refractivity contribution in [3.8, 4) is 5.88 Å². The van der Waals surface area contributed by atoms with Crippen LogP contribution in [0.15, 0.2) is 54.1 Å². The van der Waals surface area contributed by atoms with Crippen LogP contribution in [-0.4, -0.2) is 38.6 Å². The zero-order valence-corrected chi connectivity index (χ0v) is 16.2. The standard InChI is InChI=1S/C18H17F4N3O4S/c1-2-7-25-30(27,28)15-9-12(5-6-14(15)19)16(26)24-10-13-4-3-8-23-17(13)29-11-18(20,21)22/h2-6,8-9,25H,1,7,10-11H2,(H,24,26). The molecule has 0 unspecified atom stereocenters. The predicted octanol–water partition coefficient (Wildman–Crippen LogP) is 2.56. The van der Waals surface area contributed by atoms with E-state index in [0.717, 1.165) is 18.2 Å². The summed E-state index contributed by atoms with van der Waals surface area (Å²) in [6.45, 7) is 1.40. The maximum absolute atomic E-state index is 13.9. The van der Waals surface area contributed by atoms with E-state index in [1.807, 2.05) is 0 Å². The van der Waals surface area contributed by atoms with Gasteiger partial charge in [0.25, 0.3) is 5.91 Å². The van der Waals surface area contributed by atoms with Crippen LogP contribution in [0.4, 0.5) is 17.6 Å². The monoisotopic (exact) mass is 447 g/mol. The molecule has 0 aliphatic heterocycles. The first-order valence-electron chi connectivity index (χ1n) is 8.35. The Hall–Kier alpha value is -2.99. The maximum atomic E-state index is 13.9. The van der Waals surface area contributed by atoms with E-state index < -0.39 is 39.4 Å². The molecule has 0 radical (unpaired) electrons. The summed E-state index contributed by atoms with van der Waals surface area (Å²) in [6, 6.07) is 5.58. The number of benzene rings is 1. The molecule has 2 rings (SSSR count). The van der Waals surface area contributed by atoms with E-state index in [-0.39, 0.29) is 30.1 Å². The highest BCUT2D eigenvalue weighted by Gasteiger charge is 2.29. The molecule has 2 N–H and O–H groups in total. The van der Waals surface area contributed by atoms with Crippen molar-refractivity contribution in [2.75, 3.05) is 13.2 Å². The molecule has 0 fully saturated rings. The first-order valence-corrected chi connectivity index (χ1v) is 9.83. The van der Waals surface area contributed by atoms with Gasteiger partial charge < -0.3 is 10.1 Å². The van der Waals surface area contributed by atoms with Crippen molar-refractivity contribution in [3.05, 3.63) is 66.1 Å². The molecule has 0 aliphatic carbocycles. The molecule has 0 aliphatic rings. The molecule has 7 nitrogen and oxygen atoms in total. The van der Waals surface area contributed by atoms with Crippen LogP contribution in [0.1, 0.15) is 15.9 Å². The van der Waals surface area contributed by atoms with Gasteiger partial charge in [0.1, 0.15) is 10.7 Å². The number of amides is 1. The first kappa shape index (κ1) is 23.3. The number of sulfonamides is 1. The fourth-order valence-corrected chi connectivity index (χ4v) is 3.31. The molecule has 0 saturated heterocycles. The lowest BCUT2D eigenvalue weighted by Crippen LogP contribution is -2.27.